The van der Waals surface area contributed by atoms with Crippen molar-refractivity contribution in [3.05, 3.63) is 23.9 Å². The minimum absolute atomic E-state index is 0.0132. The van der Waals surface area contributed by atoms with E-state index in [1.54, 1.807) is 18.2 Å². The molecule has 7 heteroatoms. The monoisotopic (exact) mass is 310 g/mol. The summed E-state index contributed by atoms with van der Waals surface area (Å²) in [6.07, 6.45) is 1.78. The lowest BCUT2D eigenvalue weighted by atomic mass is 10.3. The lowest BCUT2D eigenvalue weighted by molar-refractivity contribution is 0.127. The predicted octanol–water partition coefficient (Wildman–Crippen LogP) is 0.736. The number of sulfonamides is 1. The zero-order chi connectivity index (χ0) is 15.1. The smallest absolute Gasteiger partial charge is 0.236 e. The van der Waals surface area contributed by atoms with E-state index in [0.29, 0.717) is 18.7 Å². The summed E-state index contributed by atoms with van der Waals surface area (Å²) in [5.74, 6) is 5.68. The third kappa shape index (κ3) is 5.34. The maximum atomic E-state index is 12.0. The maximum Gasteiger partial charge on any atom is 0.236 e. The van der Waals surface area contributed by atoms with Gasteiger partial charge < -0.3 is 9.84 Å². The number of pyridine rings is 1. The molecule has 1 aromatic rings. The molecule has 1 saturated heterocycles. The summed E-state index contributed by atoms with van der Waals surface area (Å²) in [5, 5.41) is 8.66. The molecule has 0 amide bonds. The minimum atomic E-state index is -3.49. The topological polar surface area (TPSA) is 88.5 Å². The second-order valence-corrected chi connectivity index (χ2v) is 6.47. The van der Waals surface area contributed by atoms with Crippen molar-refractivity contribution >= 4 is 15.8 Å². The van der Waals surface area contributed by atoms with Crippen molar-refractivity contribution in [1.29, 1.82) is 0 Å². The molecular formula is C14H18N2O4S. The highest BCUT2D eigenvalue weighted by atomic mass is 32.2. The van der Waals surface area contributed by atoms with E-state index in [1.807, 2.05) is 0 Å². The Morgan fingerprint density at radius 3 is 3.05 bits per heavy atom. The summed E-state index contributed by atoms with van der Waals surface area (Å²) >= 11 is 0. The Morgan fingerprint density at radius 1 is 1.48 bits per heavy atom. The first-order chi connectivity index (χ1) is 10.1. The van der Waals surface area contributed by atoms with E-state index >= 15 is 0 Å². The molecular weight excluding hydrogens is 292 g/mol. The highest BCUT2D eigenvalue weighted by Crippen LogP contribution is 2.15. The van der Waals surface area contributed by atoms with Crippen LogP contribution in [-0.4, -0.2) is 43.6 Å². The largest absolute Gasteiger partial charge is 0.395 e. The van der Waals surface area contributed by atoms with Crippen LogP contribution in [0.2, 0.25) is 0 Å². The second kappa shape index (κ2) is 7.41. The summed E-state index contributed by atoms with van der Waals surface area (Å²) in [4.78, 5) is 4.12. The van der Waals surface area contributed by atoms with Crippen molar-refractivity contribution in [1.82, 2.24) is 4.98 Å². The van der Waals surface area contributed by atoms with Crippen LogP contribution in [0.1, 0.15) is 25.0 Å². The van der Waals surface area contributed by atoms with Gasteiger partial charge in [0.25, 0.3) is 0 Å². The van der Waals surface area contributed by atoms with Gasteiger partial charge >= 0.3 is 0 Å². The van der Waals surface area contributed by atoms with Crippen molar-refractivity contribution in [2.24, 2.45) is 0 Å². The first-order valence-corrected chi connectivity index (χ1v) is 8.43. The van der Waals surface area contributed by atoms with Gasteiger partial charge in [-0.1, -0.05) is 12.0 Å². The summed E-state index contributed by atoms with van der Waals surface area (Å²) < 4.78 is 31.8. The molecule has 2 rings (SSSR count). The Kier molecular flexibility index (Phi) is 5.56. The summed E-state index contributed by atoms with van der Waals surface area (Å²) in [6, 6.07) is 4.94. The van der Waals surface area contributed by atoms with Crippen LogP contribution in [0, 0.1) is 11.8 Å². The Morgan fingerprint density at radius 2 is 2.33 bits per heavy atom. The van der Waals surface area contributed by atoms with Crippen LogP contribution in [-0.2, 0) is 14.8 Å². The first kappa shape index (κ1) is 15.8. The van der Waals surface area contributed by atoms with Crippen LogP contribution < -0.4 is 4.72 Å². The number of hydrogen-bond donors (Lipinski definition) is 2. The molecule has 1 aromatic heterocycles. The van der Waals surface area contributed by atoms with Crippen LogP contribution in [0.4, 0.5) is 5.82 Å². The van der Waals surface area contributed by atoms with Gasteiger partial charge in [0.1, 0.15) is 11.5 Å². The fraction of sp³-hybridized carbons (Fsp3) is 0.500. The van der Waals surface area contributed by atoms with Crippen molar-refractivity contribution < 1.29 is 18.3 Å². The van der Waals surface area contributed by atoms with E-state index < -0.39 is 10.0 Å². The average Bonchev–Trinajstić information content (AvgIpc) is 2.91. The SMILES string of the molecule is O=S(=O)(CC1CCCO1)Nc1cccc(C#CCCO)n1. The molecule has 0 spiro atoms. The molecule has 1 fully saturated rings. The van der Waals surface area contributed by atoms with E-state index in [9.17, 15) is 8.42 Å². The zero-order valence-corrected chi connectivity index (χ0v) is 12.4. The van der Waals surface area contributed by atoms with Gasteiger partial charge in [-0.3, -0.25) is 4.72 Å². The highest BCUT2D eigenvalue weighted by molar-refractivity contribution is 7.92. The molecule has 0 radical (unpaired) electrons. The molecule has 2 N–H and O–H groups in total. The first-order valence-electron chi connectivity index (χ1n) is 6.78. The number of rotatable bonds is 5. The molecule has 6 nitrogen and oxygen atoms in total. The molecule has 0 bridgehead atoms. The number of hydrogen-bond acceptors (Lipinski definition) is 5. The Labute approximate surface area is 124 Å². The molecule has 0 aromatic carbocycles. The number of nitrogens with one attached hydrogen (secondary N) is 1. The van der Waals surface area contributed by atoms with Gasteiger partial charge in [0.2, 0.25) is 10.0 Å². The number of nitrogens with zero attached hydrogens (tertiary/aromatic N) is 1. The third-order valence-corrected chi connectivity index (χ3v) is 4.22. The van der Waals surface area contributed by atoms with Gasteiger partial charge in [-0.2, -0.15) is 0 Å². The number of ether oxygens (including phenoxy) is 1. The Bertz CT molecular complexity index is 628. The fourth-order valence-corrected chi connectivity index (χ4v) is 3.26. The molecule has 1 atom stereocenters. The summed E-state index contributed by atoms with van der Waals surface area (Å²) in [6.45, 7) is 0.606. The van der Waals surface area contributed by atoms with Crippen molar-refractivity contribution in [3.8, 4) is 11.8 Å². The number of aliphatic hydroxyl groups is 1. The molecule has 1 aliphatic rings. The van der Waals surface area contributed by atoms with Gasteiger partial charge in [0.05, 0.1) is 18.5 Å². The average molecular weight is 310 g/mol. The molecule has 1 aliphatic heterocycles. The molecule has 21 heavy (non-hydrogen) atoms. The van der Waals surface area contributed by atoms with Gasteiger partial charge in [-0.15, -0.1) is 0 Å². The van der Waals surface area contributed by atoms with Crippen molar-refractivity contribution in [3.63, 3.8) is 0 Å². The number of anilines is 1. The van der Waals surface area contributed by atoms with Crippen LogP contribution in [0.3, 0.4) is 0 Å². The standard InChI is InChI=1S/C14H18N2O4S/c17-9-2-1-5-12-6-3-8-14(15-12)16-21(18,19)11-13-7-4-10-20-13/h3,6,8,13,17H,2,4,7,9-11H2,(H,15,16). The zero-order valence-electron chi connectivity index (χ0n) is 11.6. The molecule has 114 valence electrons. The van der Waals surface area contributed by atoms with Gasteiger partial charge in [-0.05, 0) is 30.9 Å². The highest BCUT2D eigenvalue weighted by Gasteiger charge is 2.23. The molecule has 1 unspecified atom stereocenters. The van der Waals surface area contributed by atoms with E-state index in [-0.39, 0.29) is 24.3 Å². The van der Waals surface area contributed by atoms with E-state index in [0.717, 1.165) is 12.8 Å². The van der Waals surface area contributed by atoms with Crippen molar-refractivity contribution in [2.45, 2.75) is 25.4 Å². The van der Waals surface area contributed by atoms with E-state index in [4.69, 9.17) is 9.84 Å². The molecule has 0 aliphatic carbocycles. The van der Waals surface area contributed by atoms with Crippen molar-refractivity contribution in [2.75, 3.05) is 23.7 Å². The van der Waals surface area contributed by atoms with Gasteiger partial charge in [-0.25, -0.2) is 13.4 Å². The Balaban J connectivity index is 2.01. The van der Waals surface area contributed by atoms with Gasteiger partial charge in [0.15, 0.2) is 0 Å². The lowest BCUT2D eigenvalue weighted by Crippen LogP contribution is -2.26. The summed E-state index contributed by atoms with van der Waals surface area (Å²) in [7, 11) is -3.49. The van der Waals surface area contributed by atoms with Crippen LogP contribution in [0.5, 0.6) is 0 Å². The number of aromatic nitrogens is 1. The molecule has 2 heterocycles. The van der Waals surface area contributed by atoms with Crippen LogP contribution >= 0.6 is 0 Å². The second-order valence-electron chi connectivity index (χ2n) is 4.70. The van der Waals surface area contributed by atoms with E-state index in [2.05, 4.69) is 21.5 Å². The predicted molar refractivity (Wildman–Crippen MR) is 79.2 cm³/mol. The van der Waals surface area contributed by atoms with Gasteiger partial charge in [0, 0.05) is 13.0 Å². The minimum Gasteiger partial charge on any atom is -0.395 e. The Hall–Kier alpha value is -1.62. The molecule has 0 saturated carbocycles. The normalized spacial score (nSPS) is 18.0. The quantitative estimate of drug-likeness (QED) is 0.783. The number of aliphatic hydroxyl groups excluding tert-OH is 1. The lowest BCUT2D eigenvalue weighted by Gasteiger charge is -2.11. The summed E-state index contributed by atoms with van der Waals surface area (Å²) in [5.41, 5.74) is 0.459. The maximum absolute atomic E-state index is 12.0. The van der Waals surface area contributed by atoms with E-state index in [1.165, 1.54) is 0 Å². The fourth-order valence-electron chi connectivity index (χ4n) is 1.99. The third-order valence-electron chi connectivity index (χ3n) is 2.89. The van der Waals surface area contributed by atoms with Crippen LogP contribution in [0.25, 0.3) is 0 Å². The van der Waals surface area contributed by atoms with Crippen LogP contribution in [0.15, 0.2) is 18.2 Å².